The van der Waals surface area contributed by atoms with Crippen LogP contribution in [0.15, 0.2) is 39.8 Å². The second-order valence-corrected chi connectivity index (χ2v) is 8.43. The van der Waals surface area contributed by atoms with Crippen LogP contribution in [0.3, 0.4) is 0 Å². The number of hydrogen-bond donors (Lipinski definition) is 2. The molecule has 0 spiro atoms. The van der Waals surface area contributed by atoms with E-state index in [0.29, 0.717) is 35.5 Å². The fourth-order valence-electron chi connectivity index (χ4n) is 3.32. The van der Waals surface area contributed by atoms with Gasteiger partial charge >= 0.3 is 0 Å². The lowest BCUT2D eigenvalue weighted by atomic mass is 10.1. The van der Waals surface area contributed by atoms with Crippen molar-refractivity contribution in [1.82, 2.24) is 5.16 Å². The number of methoxy groups -OCH3 is 1. The molecule has 0 saturated carbocycles. The Morgan fingerprint density at radius 3 is 2.63 bits per heavy atom. The van der Waals surface area contributed by atoms with Crippen LogP contribution in [-0.4, -0.2) is 39.0 Å². The van der Waals surface area contributed by atoms with E-state index in [1.807, 2.05) is 0 Å². The first kappa shape index (κ1) is 20.3. The zero-order valence-electron chi connectivity index (χ0n) is 16.4. The zero-order chi connectivity index (χ0) is 21.1. The molecule has 4 rings (SSSR count). The second kappa shape index (κ2) is 8.41. The van der Waals surface area contributed by atoms with E-state index >= 15 is 0 Å². The number of benzene rings is 2. The number of rotatable bonds is 2. The summed E-state index contributed by atoms with van der Waals surface area (Å²) in [5.41, 5.74) is 0.877. The molecule has 2 N–H and O–H groups in total. The first-order valence-corrected chi connectivity index (χ1v) is 11.0. The van der Waals surface area contributed by atoms with E-state index in [9.17, 15) is 13.5 Å². The van der Waals surface area contributed by atoms with Gasteiger partial charge in [-0.1, -0.05) is 11.2 Å². The molecule has 0 saturated heterocycles. The van der Waals surface area contributed by atoms with Gasteiger partial charge in [0.1, 0.15) is 22.6 Å². The third-order valence-electron chi connectivity index (χ3n) is 4.75. The van der Waals surface area contributed by atoms with Crippen molar-refractivity contribution in [3.05, 3.63) is 35.9 Å². The zero-order valence-corrected chi connectivity index (χ0v) is 17.2. The standard InChI is InChI=1S/C20H22N2O7S/c1-26-14-6-5-7-15-19(14)30(24,25)22-20-18-16(28-9-4-2-3-8-27-15)10-13(12-23)11-17(18)29-21-20/h5-7,10-11,23H,2-4,8-9,12H2,1H3,(H,21,22). The van der Waals surface area contributed by atoms with Gasteiger partial charge in [-0.3, -0.25) is 4.72 Å². The largest absolute Gasteiger partial charge is 0.495 e. The highest BCUT2D eigenvalue weighted by atomic mass is 32.2. The number of sulfonamides is 1. The van der Waals surface area contributed by atoms with Crippen LogP contribution in [-0.2, 0) is 16.6 Å². The summed E-state index contributed by atoms with van der Waals surface area (Å²) >= 11 is 0. The summed E-state index contributed by atoms with van der Waals surface area (Å²) in [6.45, 7) is 0.566. The number of nitrogens with zero attached hydrogens (tertiary/aromatic N) is 1. The van der Waals surface area contributed by atoms with E-state index in [1.165, 1.54) is 7.11 Å². The molecule has 0 atom stereocenters. The van der Waals surface area contributed by atoms with Gasteiger partial charge in [0.2, 0.25) is 0 Å². The quantitative estimate of drug-likeness (QED) is 0.631. The maximum atomic E-state index is 13.3. The molecule has 0 amide bonds. The number of aliphatic hydroxyl groups is 1. The minimum absolute atomic E-state index is 0.0154. The lowest BCUT2D eigenvalue weighted by molar-refractivity contribution is 0.271. The summed E-state index contributed by atoms with van der Waals surface area (Å²) < 4.78 is 51.2. The molecule has 1 aromatic heterocycles. The smallest absolute Gasteiger partial charge is 0.270 e. The van der Waals surface area contributed by atoms with Gasteiger partial charge in [0.05, 0.1) is 26.9 Å². The second-order valence-electron chi connectivity index (χ2n) is 6.81. The molecule has 2 heterocycles. The lowest BCUT2D eigenvalue weighted by Crippen LogP contribution is -2.16. The van der Waals surface area contributed by atoms with Crippen molar-refractivity contribution < 1.29 is 32.3 Å². The van der Waals surface area contributed by atoms with Crippen molar-refractivity contribution in [2.45, 2.75) is 30.8 Å². The van der Waals surface area contributed by atoms with Gasteiger partial charge < -0.3 is 23.8 Å². The molecule has 1 aliphatic heterocycles. The molecule has 2 aromatic carbocycles. The Morgan fingerprint density at radius 2 is 1.90 bits per heavy atom. The fourth-order valence-corrected chi connectivity index (χ4v) is 4.63. The normalized spacial score (nSPS) is 16.5. The molecular weight excluding hydrogens is 412 g/mol. The monoisotopic (exact) mass is 434 g/mol. The number of anilines is 1. The molecule has 30 heavy (non-hydrogen) atoms. The summed E-state index contributed by atoms with van der Waals surface area (Å²) in [5.74, 6) is 0.729. The average Bonchev–Trinajstić information content (AvgIpc) is 3.14. The van der Waals surface area contributed by atoms with E-state index in [-0.39, 0.29) is 28.8 Å². The van der Waals surface area contributed by atoms with Gasteiger partial charge in [-0.15, -0.1) is 0 Å². The third kappa shape index (κ3) is 3.88. The fraction of sp³-hybridized carbons (Fsp3) is 0.350. The number of ether oxygens (including phenoxy) is 3. The van der Waals surface area contributed by atoms with Gasteiger partial charge in [-0.2, -0.15) is 0 Å². The van der Waals surface area contributed by atoms with E-state index in [0.717, 1.165) is 19.3 Å². The van der Waals surface area contributed by atoms with E-state index < -0.39 is 10.0 Å². The van der Waals surface area contributed by atoms with Crippen LogP contribution in [0.25, 0.3) is 11.0 Å². The van der Waals surface area contributed by atoms with Crippen molar-refractivity contribution in [3.63, 3.8) is 0 Å². The Kier molecular flexibility index (Phi) is 5.69. The molecule has 3 aromatic rings. The molecular formula is C20H22N2O7S. The molecule has 1 aliphatic rings. The topological polar surface area (TPSA) is 120 Å². The summed E-state index contributed by atoms with van der Waals surface area (Å²) in [7, 11) is -2.74. The van der Waals surface area contributed by atoms with E-state index in [1.54, 1.807) is 30.3 Å². The number of hydrogen-bond acceptors (Lipinski definition) is 8. The van der Waals surface area contributed by atoms with Crippen molar-refractivity contribution in [3.8, 4) is 17.2 Å². The van der Waals surface area contributed by atoms with Gasteiger partial charge in [0, 0.05) is 0 Å². The Balaban J connectivity index is 1.87. The van der Waals surface area contributed by atoms with Gasteiger partial charge in [-0.05, 0) is 49.1 Å². The van der Waals surface area contributed by atoms with Gasteiger partial charge in [0.15, 0.2) is 16.3 Å². The van der Waals surface area contributed by atoms with Gasteiger partial charge in [-0.25, -0.2) is 8.42 Å². The number of aliphatic hydroxyl groups excluding tert-OH is 1. The van der Waals surface area contributed by atoms with Crippen LogP contribution in [0, 0.1) is 0 Å². The molecule has 0 unspecified atom stereocenters. The minimum Gasteiger partial charge on any atom is -0.495 e. The van der Waals surface area contributed by atoms with E-state index in [2.05, 4.69) is 9.88 Å². The maximum absolute atomic E-state index is 13.3. The van der Waals surface area contributed by atoms with Crippen LogP contribution in [0.1, 0.15) is 24.8 Å². The molecule has 0 fully saturated rings. The number of aromatic nitrogens is 1. The summed E-state index contributed by atoms with van der Waals surface area (Å²) in [4.78, 5) is -0.116. The Hall–Kier alpha value is -2.98. The van der Waals surface area contributed by atoms with Crippen molar-refractivity contribution in [1.29, 1.82) is 0 Å². The van der Waals surface area contributed by atoms with Crippen molar-refractivity contribution >= 4 is 26.8 Å². The van der Waals surface area contributed by atoms with Gasteiger partial charge in [0.25, 0.3) is 10.0 Å². The van der Waals surface area contributed by atoms with E-state index in [4.69, 9.17) is 18.7 Å². The van der Waals surface area contributed by atoms with Crippen LogP contribution < -0.4 is 18.9 Å². The maximum Gasteiger partial charge on any atom is 0.270 e. The van der Waals surface area contributed by atoms with Crippen LogP contribution in [0.5, 0.6) is 17.2 Å². The Morgan fingerprint density at radius 1 is 1.13 bits per heavy atom. The summed E-state index contributed by atoms with van der Waals surface area (Å²) in [6.07, 6.45) is 2.35. The average molecular weight is 434 g/mol. The molecule has 10 heteroatoms. The highest BCUT2D eigenvalue weighted by molar-refractivity contribution is 7.93. The van der Waals surface area contributed by atoms with Crippen LogP contribution in [0.2, 0.25) is 0 Å². The number of fused-ring (bicyclic) bond motifs is 1. The summed E-state index contributed by atoms with van der Waals surface area (Å²) in [5, 5.41) is 13.8. The molecule has 0 bridgehead atoms. The predicted octanol–water partition coefficient (Wildman–Crippen LogP) is 3.07. The first-order valence-electron chi connectivity index (χ1n) is 9.52. The number of nitrogens with one attached hydrogen (secondary N) is 1. The molecule has 0 radical (unpaired) electrons. The van der Waals surface area contributed by atoms with Crippen LogP contribution >= 0.6 is 0 Å². The Labute approximate surface area is 173 Å². The Bertz CT molecular complexity index is 1160. The highest BCUT2D eigenvalue weighted by Gasteiger charge is 2.28. The minimum atomic E-state index is -4.14. The molecule has 160 valence electrons. The van der Waals surface area contributed by atoms with Crippen LogP contribution in [0.4, 0.5) is 5.82 Å². The highest BCUT2D eigenvalue weighted by Crippen LogP contribution is 2.38. The third-order valence-corrected chi connectivity index (χ3v) is 6.15. The first-order chi connectivity index (χ1) is 14.5. The lowest BCUT2D eigenvalue weighted by Gasteiger charge is -2.16. The predicted molar refractivity (Wildman–Crippen MR) is 109 cm³/mol. The van der Waals surface area contributed by atoms with Crippen molar-refractivity contribution in [2.24, 2.45) is 0 Å². The SMILES string of the molecule is COc1cccc2c1S(=O)(=O)Nc1noc3cc(CO)cc(c13)OCCCCCO2. The molecule has 0 aliphatic carbocycles. The molecule has 9 nitrogen and oxygen atoms in total. The summed E-state index contributed by atoms with van der Waals surface area (Å²) in [6, 6.07) is 8.05. The van der Waals surface area contributed by atoms with Crippen molar-refractivity contribution in [2.75, 3.05) is 25.0 Å².